The van der Waals surface area contributed by atoms with E-state index in [1.807, 2.05) is 21.1 Å². The van der Waals surface area contributed by atoms with Gasteiger partial charge in [-0.2, -0.15) is 0 Å². The van der Waals surface area contributed by atoms with Gasteiger partial charge >= 0.3 is 19.8 Å². The van der Waals surface area contributed by atoms with Crippen LogP contribution < -0.4 is 0 Å². The highest BCUT2D eigenvalue weighted by Crippen LogP contribution is 2.43. The van der Waals surface area contributed by atoms with Gasteiger partial charge in [0.2, 0.25) is 0 Å². The number of quaternary nitrogens is 1. The molecule has 0 aliphatic carbocycles. The van der Waals surface area contributed by atoms with Crippen molar-refractivity contribution in [2.24, 2.45) is 0 Å². The van der Waals surface area contributed by atoms with Crippen molar-refractivity contribution in [1.82, 2.24) is 0 Å². The molecular formula is C38H69NO8P+. The van der Waals surface area contributed by atoms with Crippen molar-refractivity contribution in [3.8, 4) is 0 Å². The highest BCUT2D eigenvalue weighted by atomic mass is 31.2. The second-order valence-electron chi connectivity index (χ2n) is 13.3. The number of nitrogens with zero attached hydrogens (tertiary/aromatic N) is 1. The summed E-state index contributed by atoms with van der Waals surface area (Å²) in [5, 5.41) is 0. The molecular weight excluding hydrogens is 629 g/mol. The summed E-state index contributed by atoms with van der Waals surface area (Å²) in [4.78, 5) is 35.0. The van der Waals surface area contributed by atoms with E-state index in [1.165, 1.54) is 25.7 Å². The Hall–Kier alpha value is -2.03. The molecule has 0 spiro atoms. The maximum atomic E-state index is 12.5. The van der Waals surface area contributed by atoms with Gasteiger partial charge in [0.15, 0.2) is 6.10 Å². The minimum absolute atomic E-state index is 0.0251. The quantitative estimate of drug-likeness (QED) is 0.0243. The van der Waals surface area contributed by atoms with E-state index < -0.39 is 32.5 Å². The summed E-state index contributed by atoms with van der Waals surface area (Å²) in [5.74, 6) is -0.848. The summed E-state index contributed by atoms with van der Waals surface area (Å²) in [6.07, 6.45) is 33.2. The van der Waals surface area contributed by atoms with Gasteiger partial charge in [0.05, 0.1) is 27.7 Å². The molecule has 1 unspecified atom stereocenters. The zero-order valence-corrected chi connectivity index (χ0v) is 31.8. The lowest BCUT2D eigenvalue weighted by Gasteiger charge is -2.24. The van der Waals surface area contributed by atoms with E-state index in [2.05, 4.69) is 62.5 Å². The molecule has 2 atom stereocenters. The minimum atomic E-state index is -4.37. The van der Waals surface area contributed by atoms with E-state index >= 15 is 0 Å². The number of carbonyl (C=O) groups excluding carboxylic acids is 2. The third kappa shape index (κ3) is 33.9. The molecule has 0 amide bonds. The number of likely N-dealkylation sites (N-methyl/N-ethyl adjacent to an activating group) is 1. The van der Waals surface area contributed by atoms with Crippen LogP contribution in [0.4, 0.5) is 0 Å². The van der Waals surface area contributed by atoms with Crippen molar-refractivity contribution >= 4 is 19.8 Å². The van der Waals surface area contributed by atoms with Crippen molar-refractivity contribution in [2.45, 2.75) is 136 Å². The number of carbonyl (C=O) groups is 2. The molecule has 0 aliphatic heterocycles. The largest absolute Gasteiger partial charge is 0.472 e. The van der Waals surface area contributed by atoms with Gasteiger partial charge in [0.1, 0.15) is 19.8 Å². The number of rotatable bonds is 32. The summed E-state index contributed by atoms with van der Waals surface area (Å²) in [6, 6.07) is 0. The molecule has 0 heterocycles. The summed E-state index contributed by atoms with van der Waals surface area (Å²) < 4.78 is 34.0. The van der Waals surface area contributed by atoms with Crippen LogP contribution >= 0.6 is 7.82 Å². The maximum absolute atomic E-state index is 12.5. The predicted molar refractivity (Wildman–Crippen MR) is 196 cm³/mol. The lowest BCUT2D eigenvalue weighted by Crippen LogP contribution is -2.37. The van der Waals surface area contributed by atoms with Crippen LogP contribution in [0.5, 0.6) is 0 Å². The van der Waals surface area contributed by atoms with Gasteiger partial charge in [-0.15, -0.1) is 0 Å². The van der Waals surface area contributed by atoms with Crippen molar-refractivity contribution in [2.75, 3.05) is 47.5 Å². The molecule has 0 rings (SSSR count). The van der Waals surface area contributed by atoms with Crippen LogP contribution in [-0.4, -0.2) is 74.9 Å². The Labute approximate surface area is 293 Å². The molecule has 0 aliphatic rings. The molecule has 0 fully saturated rings. The smallest absolute Gasteiger partial charge is 0.462 e. The Morgan fingerprint density at radius 2 is 1.17 bits per heavy atom. The molecule has 0 bridgehead atoms. The summed E-state index contributed by atoms with van der Waals surface area (Å²) in [5.41, 5.74) is 0. The first-order chi connectivity index (χ1) is 23.0. The SMILES string of the molecule is CCC/C=C/C/C=C/C/C=C/C/C=C/CCCCCC(=O)OC[C@@H](COP(=O)(O)OCC[N+](C)(C)C)OC(=O)CCCCCCCCC. The Bertz CT molecular complexity index is 970. The molecule has 0 saturated heterocycles. The molecule has 0 aromatic rings. The van der Waals surface area contributed by atoms with Crippen LogP contribution in [0, 0.1) is 0 Å². The van der Waals surface area contributed by atoms with Crippen molar-refractivity contribution in [3.63, 3.8) is 0 Å². The molecule has 0 aromatic heterocycles. The first-order valence-corrected chi connectivity index (χ1v) is 19.9. The lowest BCUT2D eigenvalue weighted by atomic mass is 10.1. The van der Waals surface area contributed by atoms with Crippen molar-refractivity contribution in [1.29, 1.82) is 0 Å². The van der Waals surface area contributed by atoms with Crippen molar-refractivity contribution < 1.29 is 42.1 Å². The average molecular weight is 699 g/mol. The Balaban J connectivity index is 4.43. The first-order valence-electron chi connectivity index (χ1n) is 18.4. The maximum Gasteiger partial charge on any atom is 0.472 e. The van der Waals surface area contributed by atoms with E-state index in [9.17, 15) is 19.0 Å². The fraction of sp³-hybridized carbons (Fsp3) is 0.737. The van der Waals surface area contributed by atoms with Crippen LogP contribution in [0.1, 0.15) is 129 Å². The standard InChI is InChI=1S/C38H68NO8P/c1-6-8-10-12-14-15-16-17-18-19-20-21-22-23-25-26-28-30-37(40)44-34-36(35-46-48(42,43)45-33-32-39(3,4)5)47-38(41)31-29-27-24-13-11-9-7-2/h10,12,15-16,18-19,21-22,36H,6-9,11,13-14,17,20,23-35H2,1-5H3/p+1/b12-10+,16-15+,19-18+,22-21+/t36-/m0/s1. The van der Waals surface area contributed by atoms with Gasteiger partial charge in [-0.1, -0.05) is 114 Å². The van der Waals surface area contributed by atoms with Crippen LogP contribution in [0.2, 0.25) is 0 Å². The minimum Gasteiger partial charge on any atom is -0.462 e. The van der Waals surface area contributed by atoms with Gasteiger partial charge in [-0.25, -0.2) is 4.57 Å². The second-order valence-corrected chi connectivity index (χ2v) is 14.7. The van der Waals surface area contributed by atoms with Gasteiger partial charge in [0.25, 0.3) is 0 Å². The van der Waals surface area contributed by atoms with Crippen LogP contribution in [0.25, 0.3) is 0 Å². The second kappa shape index (κ2) is 31.0. The topological polar surface area (TPSA) is 108 Å². The van der Waals surface area contributed by atoms with E-state index in [-0.39, 0.29) is 26.1 Å². The van der Waals surface area contributed by atoms with E-state index in [0.29, 0.717) is 23.9 Å². The normalized spacial score (nSPS) is 14.4. The average Bonchev–Trinajstić information content (AvgIpc) is 3.02. The van der Waals surface area contributed by atoms with Gasteiger partial charge in [-0.3, -0.25) is 18.6 Å². The highest BCUT2D eigenvalue weighted by molar-refractivity contribution is 7.47. The summed E-state index contributed by atoms with van der Waals surface area (Å²) in [7, 11) is 1.45. The monoisotopic (exact) mass is 698 g/mol. The number of phosphoric acid groups is 1. The lowest BCUT2D eigenvalue weighted by molar-refractivity contribution is -0.870. The third-order valence-corrected chi connectivity index (χ3v) is 8.33. The zero-order valence-electron chi connectivity index (χ0n) is 31.0. The van der Waals surface area contributed by atoms with Crippen LogP contribution in [0.15, 0.2) is 48.6 Å². The number of hydrogen-bond donors (Lipinski definition) is 1. The fourth-order valence-corrected chi connectivity index (χ4v) is 5.16. The van der Waals surface area contributed by atoms with E-state index in [4.69, 9.17) is 18.5 Å². The first kappa shape index (κ1) is 46.0. The molecule has 0 aromatic carbocycles. The van der Waals surface area contributed by atoms with Gasteiger partial charge in [0, 0.05) is 12.8 Å². The molecule has 10 heteroatoms. The Morgan fingerprint density at radius 1 is 0.646 bits per heavy atom. The number of allylic oxidation sites excluding steroid dienone is 8. The summed E-state index contributed by atoms with van der Waals surface area (Å²) >= 11 is 0. The van der Waals surface area contributed by atoms with Gasteiger partial charge < -0.3 is 18.9 Å². The Kier molecular flexibility index (Phi) is 29.7. The molecule has 278 valence electrons. The van der Waals surface area contributed by atoms with Crippen molar-refractivity contribution in [3.05, 3.63) is 48.6 Å². The summed E-state index contributed by atoms with van der Waals surface area (Å²) in [6.45, 7) is 4.23. The molecule has 9 nitrogen and oxygen atoms in total. The third-order valence-electron chi connectivity index (χ3n) is 7.34. The number of unbranched alkanes of at least 4 members (excludes halogenated alkanes) is 10. The molecule has 0 saturated carbocycles. The number of ether oxygens (including phenoxy) is 2. The van der Waals surface area contributed by atoms with Crippen LogP contribution in [-0.2, 0) is 32.7 Å². The van der Waals surface area contributed by atoms with Gasteiger partial charge in [-0.05, 0) is 51.4 Å². The predicted octanol–water partition coefficient (Wildman–Crippen LogP) is 9.57. The number of esters is 2. The zero-order chi connectivity index (χ0) is 35.8. The molecule has 0 radical (unpaired) electrons. The van der Waals surface area contributed by atoms with E-state index in [1.54, 1.807) is 0 Å². The van der Waals surface area contributed by atoms with Crippen LogP contribution in [0.3, 0.4) is 0 Å². The number of hydrogen-bond acceptors (Lipinski definition) is 7. The molecule has 1 N–H and O–H groups in total. The highest BCUT2D eigenvalue weighted by Gasteiger charge is 2.27. The fourth-order valence-electron chi connectivity index (χ4n) is 4.41. The number of phosphoric ester groups is 1. The Morgan fingerprint density at radius 3 is 1.75 bits per heavy atom. The molecule has 48 heavy (non-hydrogen) atoms. The van der Waals surface area contributed by atoms with E-state index in [0.717, 1.165) is 64.2 Å².